The van der Waals surface area contributed by atoms with Crippen LogP contribution in [-0.4, -0.2) is 38.3 Å². The molecule has 8 heteroatoms. The molecule has 0 aliphatic rings. The van der Waals surface area contributed by atoms with E-state index in [0.717, 1.165) is 10.9 Å². The number of fused-ring (bicyclic) bond motifs is 1. The molecule has 23 heavy (non-hydrogen) atoms. The molecule has 1 aromatic heterocycles. The molecule has 0 saturated heterocycles. The molecule has 0 aliphatic heterocycles. The number of benzene rings is 1. The number of hydrogen-bond acceptors (Lipinski definition) is 5. The minimum Gasteiger partial charge on any atom is -0.384 e. The normalized spacial score (nSPS) is 11.5. The first kappa shape index (κ1) is 17.0. The minimum atomic E-state index is -0.447. The second-order valence-corrected chi connectivity index (χ2v) is 5.48. The van der Waals surface area contributed by atoms with Gasteiger partial charge in [0, 0.05) is 29.9 Å². The molecule has 6 nitrogen and oxygen atoms in total. The highest BCUT2D eigenvalue weighted by molar-refractivity contribution is 7.17. The minimum absolute atomic E-state index is 0.163. The number of nitrogens with one attached hydrogen (secondary N) is 2. The zero-order valence-corrected chi connectivity index (χ0v) is 13.3. The fourth-order valence-corrected chi connectivity index (χ4v) is 2.98. The monoisotopic (exact) mass is 337 g/mol. The summed E-state index contributed by atoms with van der Waals surface area (Å²) in [6, 6.07) is 4.85. The van der Waals surface area contributed by atoms with Crippen LogP contribution in [0.5, 0.6) is 0 Å². The van der Waals surface area contributed by atoms with Crippen molar-refractivity contribution in [1.29, 1.82) is 0 Å². The maximum absolute atomic E-state index is 13.8. The van der Waals surface area contributed by atoms with E-state index in [2.05, 4.69) is 15.8 Å². The first-order chi connectivity index (χ1) is 11.2. The van der Waals surface area contributed by atoms with E-state index in [1.807, 2.05) is 6.07 Å². The van der Waals surface area contributed by atoms with Gasteiger partial charge in [0.1, 0.15) is 5.82 Å². The number of carbonyl (C=O) groups excluding carboxylic acids is 2. The number of methoxy groups -OCH3 is 1. The number of ether oxygens (including phenoxy) is 1. The number of hydrazone groups is 1. The maximum atomic E-state index is 13.8. The van der Waals surface area contributed by atoms with Crippen LogP contribution in [-0.2, 0) is 14.3 Å². The van der Waals surface area contributed by atoms with Crippen LogP contribution in [0.4, 0.5) is 4.39 Å². The van der Waals surface area contributed by atoms with Crippen LogP contribution in [0.15, 0.2) is 28.7 Å². The Bertz CT molecular complexity index is 730. The van der Waals surface area contributed by atoms with E-state index in [1.165, 1.54) is 17.4 Å². The molecule has 2 amide bonds. The van der Waals surface area contributed by atoms with Gasteiger partial charge in [-0.1, -0.05) is 12.1 Å². The van der Waals surface area contributed by atoms with E-state index >= 15 is 0 Å². The van der Waals surface area contributed by atoms with Gasteiger partial charge < -0.3 is 10.1 Å². The second-order valence-electron chi connectivity index (χ2n) is 4.60. The first-order valence-electron chi connectivity index (χ1n) is 6.84. The fourth-order valence-electron chi connectivity index (χ4n) is 2.00. The summed E-state index contributed by atoms with van der Waals surface area (Å²) < 4.78 is 19.4. The van der Waals surface area contributed by atoms with Crippen molar-refractivity contribution >= 4 is 39.5 Å². The first-order valence-corrected chi connectivity index (χ1v) is 7.72. The predicted molar refractivity (Wildman–Crippen MR) is 87.0 cm³/mol. The molecule has 0 unspecified atom stereocenters. The number of rotatable bonds is 8. The van der Waals surface area contributed by atoms with Gasteiger partial charge in [-0.05, 0) is 6.07 Å². The Kier molecular flexibility index (Phi) is 6.19. The SMILES string of the molecule is COCC/C(=N\NC(=O)CNC=O)c1csc2c(F)cccc12. The molecular weight excluding hydrogens is 321 g/mol. The zero-order chi connectivity index (χ0) is 16.7. The third-order valence-corrected chi connectivity index (χ3v) is 4.07. The largest absolute Gasteiger partial charge is 0.384 e. The second kappa shape index (κ2) is 8.35. The van der Waals surface area contributed by atoms with Gasteiger partial charge in [-0.15, -0.1) is 11.3 Å². The quantitative estimate of drug-likeness (QED) is 0.437. The Morgan fingerprint density at radius 3 is 3.04 bits per heavy atom. The van der Waals surface area contributed by atoms with E-state index in [4.69, 9.17) is 4.74 Å². The number of carbonyl (C=O) groups is 2. The van der Waals surface area contributed by atoms with E-state index < -0.39 is 5.91 Å². The molecule has 0 saturated carbocycles. The van der Waals surface area contributed by atoms with Crippen LogP contribution in [0, 0.1) is 5.82 Å². The predicted octanol–water partition coefficient (Wildman–Crippen LogP) is 1.64. The lowest BCUT2D eigenvalue weighted by Crippen LogP contribution is -2.31. The molecule has 0 aliphatic carbocycles. The van der Waals surface area contributed by atoms with Crippen molar-refractivity contribution in [3.05, 3.63) is 35.0 Å². The number of halogens is 1. The average molecular weight is 337 g/mol. The highest BCUT2D eigenvalue weighted by atomic mass is 32.1. The molecule has 2 aromatic rings. The van der Waals surface area contributed by atoms with Gasteiger partial charge in [0.25, 0.3) is 5.91 Å². The van der Waals surface area contributed by atoms with Crippen molar-refractivity contribution < 1.29 is 18.7 Å². The van der Waals surface area contributed by atoms with Crippen molar-refractivity contribution in [2.24, 2.45) is 5.10 Å². The van der Waals surface area contributed by atoms with Gasteiger partial charge in [-0.25, -0.2) is 9.82 Å². The van der Waals surface area contributed by atoms with Gasteiger partial charge in [0.05, 0.1) is 23.6 Å². The molecule has 0 fully saturated rings. The van der Waals surface area contributed by atoms with E-state index in [9.17, 15) is 14.0 Å². The summed E-state index contributed by atoms with van der Waals surface area (Å²) in [7, 11) is 1.57. The van der Waals surface area contributed by atoms with E-state index in [1.54, 1.807) is 18.6 Å². The van der Waals surface area contributed by atoms with Crippen LogP contribution in [0.25, 0.3) is 10.1 Å². The summed E-state index contributed by atoms with van der Waals surface area (Å²) in [4.78, 5) is 21.7. The van der Waals surface area contributed by atoms with Crippen molar-refractivity contribution in [2.75, 3.05) is 20.3 Å². The molecular formula is C15H16FN3O3S. The van der Waals surface area contributed by atoms with Crippen LogP contribution in [0.1, 0.15) is 12.0 Å². The molecule has 122 valence electrons. The summed E-state index contributed by atoms with van der Waals surface area (Å²) >= 11 is 1.28. The van der Waals surface area contributed by atoms with Gasteiger partial charge in [-0.3, -0.25) is 9.59 Å². The number of thiophene rings is 1. The highest BCUT2D eigenvalue weighted by Gasteiger charge is 2.13. The lowest BCUT2D eigenvalue weighted by atomic mass is 10.1. The Balaban J connectivity index is 2.27. The van der Waals surface area contributed by atoms with Crippen LogP contribution >= 0.6 is 11.3 Å². The lowest BCUT2D eigenvalue weighted by Gasteiger charge is -2.06. The summed E-state index contributed by atoms with van der Waals surface area (Å²) in [6.45, 7) is 0.248. The Labute approximate surface area is 136 Å². The van der Waals surface area contributed by atoms with Crippen LogP contribution in [0.2, 0.25) is 0 Å². The standard InChI is InChI=1S/C15H16FN3O3S/c1-22-6-5-13(18-19-14(21)7-17-9-20)11-8-23-15-10(11)3-2-4-12(15)16/h2-4,8-9H,5-7H2,1H3,(H,17,20)(H,19,21)/b18-13+. The third-order valence-electron chi connectivity index (χ3n) is 3.07. The average Bonchev–Trinajstić information content (AvgIpc) is 2.98. The van der Waals surface area contributed by atoms with Crippen molar-refractivity contribution in [1.82, 2.24) is 10.7 Å². The van der Waals surface area contributed by atoms with Gasteiger partial charge in [0.15, 0.2) is 0 Å². The van der Waals surface area contributed by atoms with E-state index in [0.29, 0.717) is 29.8 Å². The maximum Gasteiger partial charge on any atom is 0.259 e. The molecule has 2 N–H and O–H groups in total. The van der Waals surface area contributed by atoms with Crippen molar-refractivity contribution in [3.63, 3.8) is 0 Å². The van der Waals surface area contributed by atoms with Crippen LogP contribution < -0.4 is 10.7 Å². The van der Waals surface area contributed by atoms with Gasteiger partial charge in [-0.2, -0.15) is 5.10 Å². The Morgan fingerprint density at radius 2 is 2.30 bits per heavy atom. The number of amides is 2. The van der Waals surface area contributed by atoms with Crippen molar-refractivity contribution in [3.8, 4) is 0 Å². The summed E-state index contributed by atoms with van der Waals surface area (Å²) in [6.07, 6.45) is 0.893. The molecule has 0 bridgehead atoms. The summed E-state index contributed by atoms with van der Waals surface area (Å²) in [5.41, 5.74) is 3.72. The van der Waals surface area contributed by atoms with Crippen LogP contribution in [0.3, 0.4) is 0 Å². The highest BCUT2D eigenvalue weighted by Crippen LogP contribution is 2.29. The molecule has 1 aromatic carbocycles. The molecule has 0 spiro atoms. The lowest BCUT2D eigenvalue weighted by molar-refractivity contribution is -0.122. The molecule has 2 rings (SSSR count). The van der Waals surface area contributed by atoms with Gasteiger partial charge in [0.2, 0.25) is 6.41 Å². The number of hydrogen-bond donors (Lipinski definition) is 2. The van der Waals surface area contributed by atoms with Crippen molar-refractivity contribution in [2.45, 2.75) is 6.42 Å². The fraction of sp³-hybridized carbons (Fsp3) is 0.267. The molecule has 0 atom stereocenters. The van der Waals surface area contributed by atoms with Gasteiger partial charge >= 0.3 is 0 Å². The zero-order valence-electron chi connectivity index (χ0n) is 12.5. The Morgan fingerprint density at radius 1 is 1.48 bits per heavy atom. The smallest absolute Gasteiger partial charge is 0.259 e. The summed E-state index contributed by atoms with van der Waals surface area (Å²) in [5, 5.41) is 8.90. The number of nitrogens with zero attached hydrogens (tertiary/aromatic N) is 1. The molecule has 0 radical (unpaired) electrons. The summed E-state index contributed by atoms with van der Waals surface area (Å²) in [5.74, 6) is -0.734. The third kappa shape index (κ3) is 4.33. The Hall–Kier alpha value is -2.32. The molecule has 1 heterocycles. The van der Waals surface area contributed by atoms with E-state index in [-0.39, 0.29) is 12.4 Å². The topological polar surface area (TPSA) is 79.8 Å².